The van der Waals surface area contributed by atoms with E-state index in [0.717, 1.165) is 20.8 Å². The third-order valence-corrected chi connectivity index (χ3v) is 4.74. The first-order valence-electron chi connectivity index (χ1n) is 5.96. The molecule has 7 heteroatoms. The van der Waals surface area contributed by atoms with E-state index in [2.05, 4.69) is 15.3 Å². The smallest absolute Gasteiger partial charge is 0.263 e. The number of rotatable bonds is 3. The van der Waals surface area contributed by atoms with Crippen molar-refractivity contribution in [2.45, 2.75) is 13.5 Å². The number of hydrogen-bond donors (Lipinski definition) is 2. The van der Waals surface area contributed by atoms with Gasteiger partial charge in [-0.2, -0.15) is 0 Å². The summed E-state index contributed by atoms with van der Waals surface area (Å²) < 4.78 is 0. The number of aromatic nitrogens is 2. The zero-order valence-corrected chi connectivity index (χ0v) is 12.3. The Morgan fingerprint density at radius 1 is 1.45 bits per heavy atom. The van der Waals surface area contributed by atoms with Crippen molar-refractivity contribution in [3.8, 4) is 0 Å². The number of nitrogen functional groups attached to an aromatic ring is 1. The Balaban J connectivity index is 1.85. The van der Waals surface area contributed by atoms with Crippen molar-refractivity contribution in [1.82, 2.24) is 15.3 Å². The van der Waals surface area contributed by atoms with Gasteiger partial charge in [0.25, 0.3) is 5.91 Å². The molecule has 0 radical (unpaired) electrons. The number of anilines is 1. The predicted octanol–water partition coefficient (Wildman–Crippen LogP) is 2.57. The Bertz CT molecular complexity index is 764. The van der Waals surface area contributed by atoms with E-state index in [-0.39, 0.29) is 5.91 Å². The van der Waals surface area contributed by atoms with Crippen LogP contribution in [-0.4, -0.2) is 15.9 Å². The number of amides is 1. The molecule has 0 fully saturated rings. The summed E-state index contributed by atoms with van der Waals surface area (Å²) in [6.45, 7) is 2.38. The molecule has 5 nitrogen and oxygen atoms in total. The zero-order chi connectivity index (χ0) is 14.1. The monoisotopic (exact) mass is 304 g/mol. The second-order valence-electron chi connectivity index (χ2n) is 4.30. The van der Waals surface area contributed by atoms with Gasteiger partial charge in [0.05, 0.1) is 17.7 Å². The lowest BCUT2D eigenvalue weighted by molar-refractivity contribution is 0.0956. The molecule has 0 saturated heterocycles. The van der Waals surface area contributed by atoms with Crippen molar-refractivity contribution >= 4 is 44.5 Å². The molecule has 3 N–H and O–H groups in total. The van der Waals surface area contributed by atoms with Crippen molar-refractivity contribution in [2.75, 3.05) is 5.73 Å². The van der Waals surface area contributed by atoms with Crippen LogP contribution in [0.15, 0.2) is 23.8 Å². The lowest BCUT2D eigenvalue weighted by Gasteiger charge is -2.01. The lowest BCUT2D eigenvalue weighted by Crippen LogP contribution is -2.22. The number of thiophene rings is 1. The van der Waals surface area contributed by atoms with Crippen molar-refractivity contribution in [1.29, 1.82) is 0 Å². The minimum absolute atomic E-state index is 0.170. The molecule has 3 rings (SSSR count). The molecular formula is C13H12N4OS2. The second kappa shape index (κ2) is 5.18. The summed E-state index contributed by atoms with van der Waals surface area (Å²) in [5.74, 6) is -0.170. The molecule has 0 aliphatic carbocycles. The number of thiazole rings is 1. The van der Waals surface area contributed by atoms with Crippen molar-refractivity contribution in [3.05, 3.63) is 39.3 Å². The normalized spacial score (nSPS) is 10.8. The predicted molar refractivity (Wildman–Crippen MR) is 82.1 cm³/mol. The molecule has 0 atom stereocenters. The number of nitrogens with one attached hydrogen (secondary N) is 1. The van der Waals surface area contributed by atoms with Crippen LogP contribution in [0.2, 0.25) is 0 Å². The minimum Gasteiger partial charge on any atom is -0.397 e. The summed E-state index contributed by atoms with van der Waals surface area (Å²) in [7, 11) is 0. The number of aryl methyl sites for hydroxylation is 1. The third-order valence-electron chi connectivity index (χ3n) is 2.85. The summed E-state index contributed by atoms with van der Waals surface area (Å²) in [6.07, 6.45) is 1.74. The summed E-state index contributed by atoms with van der Waals surface area (Å²) in [4.78, 5) is 22.9. The highest BCUT2D eigenvalue weighted by Crippen LogP contribution is 2.32. The molecule has 20 heavy (non-hydrogen) atoms. The number of pyridine rings is 1. The number of carbonyl (C=O) groups is 1. The fourth-order valence-electron chi connectivity index (χ4n) is 1.84. The molecule has 0 aliphatic rings. The van der Waals surface area contributed by atoms with Crippen molar-refractivity contribution in [2.24, 2.45) is 0 Å². The quantitative estimate of drug-likeness (QED) is 0.779. The van der Waals surface area contributed by atoms with Crippen molar-refractivity contribution < 1.29 is 4.79 Å². The van der Waals surface area contributed by atoms with Crippen LogP contribution < -0.4 is 11.1 Å². The van der Waals surface area contributed by atoms with Gasteiger partial charge < -0.3 is 11.1 Å². The van der Waals surface area contributed by atoms with Crippen LogP contribution in [0.1, 0.15) is 20.2 Å². The lowest BCUT2D eigenvalue weighted by atomic mass is 10.2. The maximum atomic E-state index is 12.2. The van der Waals surface area contributed by atoms with Gasteiger partial charge in [-0.25, -0.2) is 4.98 Å². The van der Waals surface area contributed by atoms with E-state index in [1.165, 1.54) is 22.7 Å². The Hall–Kier alpha value is -1.99. The van der Waals surface area contributed by atoms with Crippen LogP contribution in [0.5, 0.6) is 0 Å². The molecule has 1 amide bonds. The topological polar surface area (TPSA) is 80.9 Å². The second-order valence-corrected chi connectivity index (χ2v) is 6.27. The minimum atomic E-state index is -0.170. The van der Waals surface area contributed by atoms with E-state index in [1.54, 1.807) is 11.7 Å². The molecule has 3 aromatic rings. The molecule has 0 bridgehead atoms. The first kappa shape index (κ1) is 13.0. The third kappa shape index (κ3) is 2.37. The summed E-state index contributed by atoms with van der Waals surface area (Å²) in [5.41, 5.74) is 9.19. The number of carbonyl (C=O) groups excluding carboxylic acids is 1. The van der Waals surface area contributed by atoms with Crippen LogP contribution in [0, 0.1) is 6.92 Å². The Labute approximate surface area is 123 Å². The first-order chi connectivity index (χ1) is 9.65. The van der Waals surface area contributed by atoms with E-state index in [9.17, 15) is 4.79 Å². The van der Waals surface area contributed by atoms with E-state index in [4.69, 9.17) is 5.73 Å². The van der Waals surface area contributed by atoms with Gasteiger partial charge in [-0.3, -0.25) is 9.78 Å². The van der Waals surface area contributed by atoms with Gasteiger partial charge in [0.2, 0.25) is 0 Å². The summed E-state index contributed by atoms with van der Waals surface area (Å²) in [5, 5.41) is 3.69. The Morgan fingerprint density at radius 3 is 3.05 bits per heavy atom. The van der Waals surface area contributed by atoms with Crippen LogP contribution in [0.25, 0.3) is 10.2 Å². The van der Waals surface area contributed by atoms with Gasteiger partial charge in [0, 0.05) is 22.2 Å². The largest absolute Gasteiger partial charge is 0.397 e. The number of fused-ring (bicyclic) bond motifs is 1. The standard InChI is InChI=1S/C13H12N4OS2/c1-7-2-3-9-10(14)11(20-13(9)17-7)12(18)16-5-8-4-15-6-19-8/h2-4,6H,5,14H2,1H3,(H,16,18). The highest BCUT2D eigenvalue weighted by Gasteiger charge is 2.17. The fourth-order valence-corrected chi connectivity index (χ4v) is 3.43. The Kier molecular flexibility index (Phi) is 3.37. The van der Waals surface area contributed by atoms with Gasteiger partial charge in [0.15, 0.2) is 0 Å². The van der Waals surface area contributed by atoms with E-state index in [1.807, 2.05) is 19.1 Å². The van der Waals surface area contributed by atoms with Crippen LogP contribution in [0.3, 0.4) is 0 Å². The molecule has 3 heterocycles. The van der Waals surface area contributed by atoms with Crippen LogP contribution in [-0.2, 0) is 6.54 Å². The van der Waals surface area contributed by atoms with E-state index >= 15 is 0 Å². The average Bonchev–Trinajstić information content (AvgIpc) is 3.04. The van der Waals surface area contributed by atoms with E-state index in [0.29, 0.717) is 17.1 Å². The molecule has 0 unspecified atom stereocenters. The maximum absolute atomic E-state index is 12.2. The highest BCUT2D eigenvalue weighted by atomic mass is 32.1. The molecule has 0 aliphatic heterocycles. The molecular weight excluding hydrogens is 292 g/mol. The molecule has 102 valence electrons. The zero-order valence-electron chi connectivity index (χ0n) is 10.7. The average molecular weight is 304 g/mol. The van der Waals surface area contributed by atoms with Gasteiger partial charge in [-0.05, 0) is 19.1 Å². The Morgan fingerprint density at radius 2 is 2.30 bits per heavy atom. The number of nitrogens with zero attached hydrogens (tertiary/aromatic N) is 2. The molecule has 3 aromatic heterocycles. The number of hydrogen-bond acceptors (Lipinski definition) is 6. The number of nitrogens with two attached hydrogens (primary N) is 1. The summed E-state index contributed by atoms with van der Waals surface area (Å²) >= 11 is 2.83. The summed E-state index contributed by atoms with van der Waals surface area (Å²) in [6, 6.07) is 3.80. The van der Waals surface area contributed by atoms with Crippen molar-refractivity contribution in [3.63, 3.8) is 0 Å². The van der Waals surface area contributed by atoms with Crippen LogP contribution in [0.4, 0.5) is 5.69 Å². The van der Waals surface area contributed by atoms with E-state index < -0.39 is 0 Å². The van der Waals surface area contributed by atoms with Gasteiger partial charge in [-0.1, -0.05) is 0 Å². The molecule has 0 spiro atoms. The highest BCUT2D eigenvalue weighted by molar-refractivity contribution is 7.21. The fraction of sp³-hybridized carbons (Fsp3) is 0.154. The van der Waals surface area contributed by atoms with Gasteiger partial charge >= 0.3 is 0 Å². The van der Waals surface area contributed by atoms with Gasteiger partial charge in [0.1, 0.15) is 9.71 Å². The van der Waals surface area contributed by atoms with Crippen LogP contribution >= 0.6 is 22.7 Å². The SMILES string of the molecule is Cc1ccc2c(N)c(C(=O)NCc3cncs3)sc2n1. The van der Waals surface area contributed by atoms with Gasteiger partial charge in [-0.15, -0.1) is 22.7 Å². The maximum Gasteiger partial charge on any atom is 0.263 e. The first-order valence-corrected chi connectivity index (χ1v) is 7.66. The molecule has 0 aromatic carbocycles. The molecule has 0 saturated carbocycles.